The van der Waals surface area contributed by atoms with Crippen LogP contribution in [0.5, 0.6) is 5.75 Å². The van der Waals surface area contributed by atoms with Gasteiger partial charge in [-0.25, -0.2) is 0 Å². The van der Waals surface area contributed by atoms with Gasteiger partial charge in [-0.3, -0.25) is 9.59 Å². The number of anilines is 1. The molecule has 1 spiro atoms. The Hall–Kier alpha value is -3.02. The molecule has 0 radical (unpaired) electrons. The minimum absolute atomic E-state index is 0.0280. The molecule has 6 nitrogen and oxygen atoms in total. The van der Waals surface area contributed by atoms with Crippen molar-refractivity contribution in [3.05, 3.63) is 59.2 Å². The summed E-state index contributed by atoms with van der Waals surface area (Å²) in [5, 5.41) is 3.22. The van der Waals surface area contributed by atoms with Crippen LogP contribution in [0.25, 0.3) is 0 Å². The number of hydrogen-bond acceptors (Lipinski definition) is 4. The number of benzene rings is 2. The lowest BCUT2D eigenvalue weighted by Gasteiger charge is -2.51. The molecule has 1 saturated heterocycles. The van der Waals surface area contributed by atoms with Crippen LogP contribution < -0.4 is 15.0 Å². The van der Waals surface area contributed by atoms with Crippen molar-refractivity contribution in [2.24, 2.45) is 0 Å². The molecule has 0 bridgehead atoms. The number of ether oxygens (including phenoxy) is 1. The minimum Gasteiger partial charge on any atom is -0.497 e. The van der Waals surface area contributed by atoms with Crippen molar-refractivity contribution in [1.29, 1.82) is 0 Å². The van der Waals surface area contributed by atoms with Crippen molar-refractivity contribution < 1.29 is 14.3 Å². The Morgan fingerprint density at radius 2 is 1.83 bits per heavy atom. The molecule has 29 heavy (non-hydrogen) atoms. The Morgan fingerprint density at radius 1 is 1.14 bits per heavy atom. The largest absolute Gasteiger partial charge is 0.497 e. The summed E-state index contributed by atoms with van der Waals surface area (Å²) in [6.07, 6.45) is 1.79. The van der Waals surface area contributed by atoms with Crippen LogP contribution in [0.15, 0.2) is 42.5 Å². The zero-order valence-electron chi connectivity index (χ0n) is 17.2. The van der Waals surface area contributed by atoms with Crippen LogP contribution >= 0.6 is 0 Å². The van der Waals surface area contributed by atoms with Gasteiger partial charge in [0.15, 0.2) is 0 Å². The first kappa shape index (κ1) is 19.3. The van der Waals surface area contributed by atoms with Crippen molar-refractivity contribution >= 4 is 17.5 Å². The maximum Gasteiger partial charge on any atom is 0.255 e. The second-order valence-electron chi connectivity index (χ2n) is 7.97. The molecule has 0 unspecified atom stereocenters. The van der Waals surface area contributed by atoms with E-state index in [-0.39, 0.29) is 11.8 Å². The third kappa shape index (κ3) is 3.55. The first-order valence-electron chi connectivity index (χ1n) is 9.99. The van der Waals surface area contributed by atoms with Crippen molar-refractivity contribution in [2.75, 3.05) is 32.1 Å². The topological polar surface area (TPSA) is 61.9 Å². The van der Waals surface area contributed by atoms with E-state index in [2.05, 4.69) is 10.2 Å². The Labute approximate surface area is 171 Å². The minimum atomic E-state index is -0.434. The third-order valence-corrected chi connectivity index (χ3v) is 6.20. The van der Waals surface area contributed by atoms with Crippen LogP contribution in [0, 0.1) is 6.92 Å². The van der Waals surface area contributed by atoms with Gasteiger partial charge in [0.1, 0.15) is 11.4 Å². The predicted octanol–water partition coefficient (Wildman–Crippen LogP) is 2.74. The molecule has 1 N–H and O–H groups in total. The summed E-state index contributed by atoms with van der Waals surface area (Å²) >= 11 is 0. The molecular weight excluding hydrogens is 366 g/mol. The van der Waals surface area contributed by atoms with Crippen LogP contribution in [-0.2, 0) is 11.2 Å². The zero-order chi connectivity index (χ0) is 20.6. The molecule has 0 aliphatic carbocycles. The van der Waals surface area contributed by atoms with Gasteiger partial charge in [0.25, 0.3) is 5.91 Å². The lowest BCUT2D eigenvalue weighted by molar-refractivity contribution is -0.132. The van der Waals surface area contributed by atoms with E-state index in [4.69, 9.17) is 4.74 Å². The van der Waals surface area contributed by atoms with Crippen molar-refractivity contribution in [1.82, 2.24) is 10.2 Å². The molecule has 6 heteroatoms. The maximum atomic E-state index is 12.8. The van der Waals surface area contributed by atoms with Gasteiger partial charge in [0.05, 0.1) is 24.8 Å². The summed E-state index contributed by atoms with van der Waals surface area (Å²) in [5.41, 5.74) is 3.29. The van der Waals surface area contributed by atoms with Gasteiger partial charge >= 0.3 is 0 Å². The molecule has 152 valence electrons. The number of nitrogens with zero attached hydrogens (tertiary/aromatic N) is 2. The highest BCUT2D eigenvalue weighted by atomic mass is 16.5. The zero-order valence-corrected chi connectivity index (χ0v) is 17.2. The van der Waals surface area contributed by atoms with Crippen molar-refractivity contribution in [3.8, 4) is 5.75 Å². The van der Waals surface area contributed by atoms with Gasteiger partial charge in [0.2, 0.25) is 5.91 Å². The third-order valence-electron chi connectivity index (χ3n) is 6.20. The molecule has 2 aromatic carbocycles. The number of hydrogen-bond donors (Lipinski definition) is 1. The molecule has 2 aliphatic rings. The molecule has 1 fully saturated rings. The Balaban J connectivity index is 1.43. The van der Waals surface area contributed by atoms with Crippen molar-refractivity contribution in [2.45, 2.75) is 31.8 Å². The van der Waals surface area contributed by atoms with E-state index < -0.39 is 5.66 Å². The quantitative estimate of drug-likeness (QED) is 0.871. The average molecular weight is 393 g/mol. The molecule has 2 aliphatic heterocycles. The fourth-order valence-corrected chi connectivity index (χ4v) is 4.33. The van der Waals surface area contributed by atoms with E-state index in [9.17, 15) is 9.59 Å². The summed E-state index contributed by atoms with van der Waals surface area (Å²) in [6.45, 7) is 3.24. The Kier molecular flexibility index (Phi) is 4.94. The number of methoxy groups -OCH3 is 1. The molecule has 0 aromatic heterocycles. The monoisotopic (exact) mass is 393 g/mol. The number of carbonyl (C=O) groups excluding carboxylic acids is 2. The van der Waals surface area contributed by atoms with Crippen LogP contribution in [0.4, 0.5) is 5.69 Å². The SMILES string of the molecule is COc1ccc(CC(=O)N2CCC3(CC2)NC(=O)c2cc(C)ccc2N3C)cc1. The lowest BCUT2D eigenvalue weighted by Crippen LogP contribution is -2.67. The molecule has 2 amide bonds. The van der Waals surface area contributed by atoms with E-state index in [1.54, 1.807) is 7.11 Å². The van der Waals surface area contributed by atoms with Gasteiger partial charge in [0, 0.05) is 33.0 Å². The molecule has 2 heterocycles. The van der Waals surface area contributed by atoms with Crippen LogP contribution in [-0.4, -0.2) is 49.6 Å². The summed E-state index contributed by atoms with van der Waals surface area (Å²) < 4.78 is 5.17. The first-order chi connectivity index (χ1) is 13.9. The van der Waals surface area contributed by atoms with E-state index in [1.165, 1.54) is 0 Å². The van der Waals surface area contributed by atoms with Gasteiger partial charge in [-0.05, 0) is 36.8 Å². The number of fused-ring (bicyclic) bond motifs is 1. The number of carbonyl (C=O) groups is 2. The first-order valence-corrected chi connectivity index (χ1v) is 9.99. The Morgan fingerprint density at radius 3 is 2.48 bits per heavy atom. The lowest BCUT2D eigenvalue weighted by atomic mass is 9.90. The molecule has 4 rings (SSSR count). The van der Waals surface area contributed by atoms with E-state index in [0.29, 0.717) is 32.4 Å². The molecule has 0 saturated carbocycles. The highest BCUT2D eigenvalue weighted by molar-refractivity contribution is 6.02. The molecule has 0 atom stereocenters. The number of likely N-dealkylation sites (tertiary alicyclic amines) is 1. The number of piperidine rings is 1. The second kappa shape index (κ2) is 7.43. The highest BCUT2D eigenvalue weighted by Crippen LogP contribution is 2.36. The second-order valence-corrected chi connectivity index (χ2v) is 7.97. The number of amides is 2. The van der Waals surface area contributed by atoms with E-state index in [1.807, 2.05) is 61.3 Å². The number of aryl methyl sites for hydroxylation is 1. The number of nitrogens with one attached hydrogen (secondary N) is 1. The van der Waals surface area contributed by atoms with E-state index in [0.717, 1.165) is 28.1 Å². The van der Waals surface area contributed by atoms with Crippen LogP contribution in [0.3, 0.4) is 0 Å². The fourth-order valence-electron chi connectivity index (χ4n) is 4.33. The average Bonchev–Trinajstić information content (AvgIpc) is 2.73. The normalized spacial score (nSPS) is 17.7. The van der Waals surface area contributed by atoms with Crippen LogP contribution in [0.2, 0.25) is 0 Å². The van der Waals surface area contributed by atoms with Gasteiger partial charge in [-0.1, -0.05) is 23.8 Å². The predicted molar refractivity (Wildman–Crippen MR) is 112 cm³/mol. The molecular formula is C23H27N3O3. The summed E-state index contributed by atoms with van der Waals surface area (Å²) in [6, 6.07) is 13.6. The smallest absolute Gasteiger partial charge is 0.255 e. The summed E-state index contributed by atoms with van der Waals surface area (Å²) in [7, 11) is 3.66. The summed E-state index contributed by atoms with van der Waals surface area (Å²) in [5.74, 6) is 0.873. The van der Waals surface area contributed by atoms with Crippen molar-refractivity contribution in [3.63, 3.8) is 0 Å². The van der Waals surface area contributed by atoms with Crippen LogP contribution in [0.1, 0.15) is 34.3 Å². The summed E-state index contributed by atoms with van der Waals surface area (Å²) in [4.78, 5) is 29.6. The number of rotatable bonds is 3. The Bertz CT molecular complexity index is 931. The fraction of sp³-hybridized carbons (Fsp3) is 0.391. The maximum absolute atomic E-state index is 12.8. The van der Waals surface area contributed by atoms with Gasteiger partial charge in [-0.2, -0.15) is 0 Å². The van der Waals surface area contributed by atoms with Gasteiger partial charge < -0.3 is 19.9 Å². The van der Waals surface area contributed by atoms with Gasteiger partial charge in [-0.15, -0.1) is 0 Å². The molecule has 2 aromatic rings. The highest BCUT2D eigenvalue weighted by Gasteiger charge is 2.44. The van der Waals surface area contributed by atoms with E-state index >= 15 is 0 Å². The standard InChI is InChI=1S/C23H27N3O3/c1-16-4-9-20-19(14-16)22(28)24-23(25(20)2)10-12-26(13-11-23)21(27)15-17-5-7-18(29-3)8-6-17/h4-9,14H,10-13,15H2,1-3H3,(H,24,28).